The van der Waals surface area contributed by atoms with Gasteiger partial charge in [-0.3, -0.25) is 4.90 Å². The third-order valence-electron chi connectivity index (χ3n) is 2.90. The fourth-order valence-corrected chi connectivity index (χ4v) is 1.77. The Labute approximate surface area is 84.5 Å². The molecule has 14 heavy (non-hydrogen) atoms. The summed E-state index contributed by atoms with van der Waals surface area (Å²) in [6.45, 7) is 3.83. The molecule has 0 bridgehead atoms. The van der Waals surface area contributed by atoms with Crippen LogP contribution in [0.15, 0.2) is 5.16 Å². The second-order valence-electron chi connectivity index (χ2n) is 3.67. The topological polar surface area (TPSA) is 71.1 Å². The summed E-state index contributed by atoms with van der Waals surface area (Å²) in [6, 6.07) is 0.0119. The number of methoxy groups -OCH3 is 1. The lowest BCUT2D eigenvalue weighted by atomic mass is 10.1. The number of amidine groups is 1. The van der Waals surface area contributed by atoms with Gasteiger partial charge in [-0.1, -0.05) is 5.16 Å². The molecule has 0 aromatic rings. The number of likely N-dealkylation sites (tertiary alicyclic amines) is 1. The fraction of sp³-hybridized carbons (Fsp3) is 0.889. The Morgan fingerprint density at radius 3 is 2.57 bits per heavy atom. The highest BCUT2D eigenvalue weighted by Crippen LogP contribution is 2.15. The Kier molecular flexibility index (Phi) is 4.16. The first-order valence-electron chi connectivity index (χ1n) is 4.93. The van der Waals surface area contributed by atoms with Crippen LogP contribution in [0.1, 0.15) is 19.8 Å². The molecule has 0 spiro atoms. The Balaban J connectivity index is 2.41. The summed E-state index contributed by atoms with van der Waals surface area (Å²) in [6.07, 6.45) is 2.39. The van der Waals surface area contributed by atoms with Crippen LogP contribution in [0, 0.1) is 0 Å². The number of rotatable bonds is 3. The minimum Gasteiger partial charge on any atom is -0.409 e. The van der Waals surface area contributed by atoms with Gasteiger partial charge in [0.15, 0.2) is 5.84 Å². The second kappa shape index (κ2) is 5.17. The summed E-state index contributed by atoms with van der Waals surface area (Å²) in [5, 5.41) is 11.6. The van der Waals surface area contributed by atoms with Gasteiger partial charge >= 0.3 is 0 Å². The molecule has 0 radical (unpaired) electrons. The molecule has 3 N–H and O–H groups in total. The van der Waals surface area contributed by atoms with E-state index < -0.39 is 0 Å². The van der Waals surface area contributed by atoms with Crippen LogP contribution in [0.2, 0.25) is 0 Å². The molecule has 5 nitrogen and oxygen atoms in total. The summed E-state index contributed by atoms with van der Waals surface area (Å²) in [7, 11) is 1.74. The number of hydrogen-bond donors (Lipinski definition) is 2. The Hall–Kier alpha value is -0.810. The number of oxime groups is 1. The predicted octanol–water partition coefficient (Wildman–Crippen LogP) is 0.232. The maximum Gasteiger partial charge on any atom is 0.156 e. The molecule has 0 amide bonds. The molecule has 0 aromatic heterocycles. The molecule has 1 aliphatic rings. The second-order valence-corrected chi connectivity index (χ2v) is 3.67. The summed E-state index contributed by atoms with van der Waals surface area (Å²) in [5.41, 5.74) is 5.54. The molecule has 82 valence electrons. The maximum atomic E-state index is 8.55. The van der Waals surface area contributed by atoms with Crippen LogP contribution in [0.4, 0.5) is 0 Å². The van der Waals surface area contributed by atoms with Crippen LogP contribution < -0.4 is 5.73 Å². The van der Waals surface area contributed by atoms with E-state index in [1.807, 2.05) is 6.92 Å². The molecule has 1 fully saturated rings. The molecule has 0 aliphatic carbocycles. The van der Waals surface area contributed by atoms with E-state index in [4.69, 9.17) is 15.7 Å². The van der Waals surface area contributed by atoms with Crippen molar-refractivity contribution >= 4 is 5.84 Å². The molecule has 1 heterocycles. The first-order valence-corrected chi connectivity index (χ1v) is 4.93. The monoisotopic (exact) mass is 201 g/mol. The minimum atomic E-state index is 0.0119. The van der Waals surface area contributed by atoms with Gasteiger partial charge in [-0.15, -0.1) is 0 Å². The average molecular weight is 201 g/mol. The van der Waals surface area contributed by atoms with Crippen LogP contribution in [-0.2, 0) is 4.74 Å². The maximum absolute atomic E-state index is 8.55. The van der Waals surface area contributed by atoms with E-state index in [1.54, 1.807) is 7.11 Å². The summed E-state index contributed by atoms with van der Waals surface area (Å²) < 4.78 is 5.27. The smallest absolute Gasteiger partial charge is 0.156 e. The first kappa shape index (κ1) is 11.3. The fourth-order valence-electron chi connectivity index (χ4n) is 1.77. The van der Waals surface area contributed by atoms with E-state index in [0.29, 0.717) is 6.10 Å². The van der Waals surface area contributed by atoms with E-state index in [1.165, 1.54) is 0 Å². The average Bonchev–Trinajstić information content (AvgIpc) is 2.27. The molecule has 1 unspecified atom stereocenters. The minimum absolute atomic E-state index is 0.0119. The molecule has 1 saturated heterocycles. The largest absolute Gasteiger partial charge is 0.409 e. The van der Waals surface area contributed by atoms with Gasteiger partial charge in [0.05, 0.1) is 12.1 Å². The van der Waals surface area contributed by atoms with Crippen molar-refractivity contribution in [3.8, 4) is 0 Å². The summed E-state index contributed by atoms with van der Waals surface area (Å²) in [5.74, 6) is 0.279. The first-order chi connectivity index (χ1) is 6.69. The number of ether oxygens (including phenoxy) is 1. The van der Waals surface area contributed by atoms with Crippen LogP contribution in [0.5, 0.6) is 0 Å². The summed E-state index contributed by atoms with van der Waals surface area (Å²) in [4.78, 5) is 2.20. The summed E-state index contributed by atoms with van der Waals surface area (Å²) >= 11 is 0. The Morgan fingerprint density at radius 2 is 2.14 bits per heavy atom. The lowest BCUT2D eigenvalue weighted by Gasteiger charge is -2.34. The highest BCUT2D eigenvalue weighted by atomic mass is 16.5. The third-order valence-corrected chi connectivity index (χ3v) is 2.90. The number of nitrogens with two attached hydrogens (primary N) is 1. The highest BCUT2D eigenvalue weighted by Gasteiger charge is 2.24. The van der Waals surface area contributed by atoms with Crippen molar-refractivity contribution < 1.29 is 9.94 Å². The van der Waals surface area contributed by atoms with Gasteiger partial charge in [0, 0.05) is 20.2 Å². The molecule has 1 atom stereocenters. The quantitative estimate of drug-likeness (QED) is 0.297. The number of hydrogen-bond acceptors (Lipinski definition) is 4. The van der Waals surface area contributed by atoms with Crippen LogP contribution in [0.3, 0.4) is 0 Å². The van der Waals surface area contributed by atoms with E-state index >= 15 is 0 Å². The molecular formula is C9H19N3O2. The SMILES string of the molecule is COC1CCN(C(C)/C(N)=N/O)CC1. The van der Waals surface area contributed by atoms with Gasteiger partial charge in [-0.25, -0.2) is 0 Å². The van der Waals surface area contributed by atoms with Gasteiger partial charge in [0.2, 0.25) is 0 Å². The van der Waals surface area contributed by atoms with Crippen molar-refractivity contribution in [2.45, 2.75) is 31.9 Å². The number of piperidine rings is 1. The molecule has 1 aliphatic heterocycles. The van der Waals surface area contributed by atoms with Crippen LogP contribution in [0.25, 0.3) is 0 Å². The van der Waals surface area contributed by atoms with Gasteiger partial charge in [0.1, 0.15) is 0 Å². The van der Waals surface area contributed by atoms with Crippen LogP contribution >= 0.6 is 0 Å². The van der Waals surface area contributed by atoms with Gasteiger partial charge < -0.3 is 15.7 Å². The van der Waals surface area contributed by atoms with Crippen molar-refractivity contribution in [1.29, 1.82) is 0 Å². The van der Waals surface area contributed by atoms with Crippen molar-refractivity contribution in [3.05, 3.63) is 0 Å². The number of nitrogens with zero attached hydrogens (tertiary/aromatic N) is 2. The predicted molar refractivity (Wildman–Crippen MR) is 54.5 cm³/mol. The standard InChI is InChI=1S/C9H19N3O2/c1-7(9(10)11-13)12-5-3-8(14-2)4-6-12/h7-8,13H,3-6H2,1-2H3,(H2,10,11). The van der Waals surface area contributed by atoms with Crippen molar-refractivity contribution in [2.75, 3.05) is 20.2 Å². The zero-order valence-corrected chi connectivity index (χ0v) is 8.81. The van der Waals surface area contributed by atoms with Gasteiger partial charge in [0.25, 0.3) is 0 Å². The van der Waals surface area contributed by atoms with Gasteiger partial charge in [-0.05, 0) is 19.8 Å². The van der Waals surface area contributed by atoms with E-state index in [2.05, 4.69) is 10.1 Å². The molecule has 5 heteroatoms. The lowest BCUT2D eigenvalue weighted by Crippen LogP contribution is -2.47. The third kappa shape index (κ3) is 2.59. The Morgan fingerprint density at radius 1 is 1.57 bits per heavy atom. The highest BCUT2D eigenvalue weighted by molar-refractivity contribution is 5.84. The van der Waals surface area contributed by atoms with Crippen molar-refractivity contribution in [1.82, 2.24) is 4.90 Å². The Bertz CT molecular complexity index is 200. The molecular weight excluding hydrogens is 182 g/mol. The normalized spacial score (nSPS) is 23.7. The zero-order valence-electron chi connectivity index (χ0n) is 8.81. The van der Waals surface area contributed by atoms with Gasteiger partial charge in [-0.2, -0.15) is 0 Å². The molecule has 0 saturated carbocycles. The molecule has 0 aromatic carbocycles. The lowest BCUT2D eigenvalue weighted by molar-refractivity contribution is 0.0369. The molecule has 1 rings (SSSR count). The van der Waals surface area contributed by atoms with Crippen molar-refractivity contribution in [2.24, 2.45) is 10.9 Å². The van der Waals surface area contributed by atoms with E-state index in [9.17, 15) is 0 Å². The van der Waals surface area contributed by atoms with E-state index in [0.717, 1.165) is 25.9 Å². The van der Waals surface area contributed by atoms with E-state index in [-0.39, 0.29) is 11.9 Å². The van der Waals surface area contributed by atoms with Crippen molar-refractivity contribution in [3.63, 3.8) is 0 Å². The van der Waals surface area contributed by atoms with Crippen LogP contribution in [-0.4, -0.2) is 48.3 Å². The zero-order chi connectivity index (χ0) is 10.6.